The molecule has 0 aromatic heterocycles. The van der Waals surface area contributed by atoms with Crippen molar-refractivity contribution in [3.8, 4) is 0 Å². The van der Waals surface area contributed by atoms with Crippen LogP contribution in [0.25, 0.3) is 0 Å². The Morgan fingerprint density at radius 3 is 2.35 bits per heavy atom. The van der Waals surface area contributed by atoms with E-state index in [1.165, 1.54) is 18.4 Å². The Hall–Kier alpha value is -0.860. The Morgan fingerprint density at radius 1 is 1.10 bits per heavy atom. The van der Waals surface area contributed by atoms with Crippen LogP contribution in [0.15, 0.2) is 24.3 Å². The molecule has 1 aromatic carbocycles. The summed E-state index contributed by atoms with van der Waals surface area (Å²) in [6, 6.07) is 8.67. The number of aliphatic hydroxyl groups is 1. The molecule has 0 bridgehead atoms. The lowest BCUT2D eigenvalue weighted by Crippen LogP contribution is -2.45. The van der Waals surface area contributed by atoms with Crippen LogP contribution in [0.5, 0.6) is 0 Å². The number of likely N-dealkylation sites (tertiary alicyclic amines) is 1. The van der Waals surface area contributed by atoms with Gasteiger partial charge in [-0.1, -0.05) is 45.0 Å². The molecule has 1 N–H and O–H groups in total. The van der Waals surface area contributed by atoms with E-state index in [1.54, 1.807) is 0 Å². The molecule has 2 aliphatic rings. The van der Waals surface area contributed by atoms with Crippen LogP contribution in [-0.4, -0.2) is 29.1 Å². The minimum absolute atomic E-state index is 0.294. The van der Waals surface area contributed by atoms with Gasteiger partial charge < -0.3 is 5.11 Å². The number of aliphatic hydroxyl groups excluding tert-OH is 1. The first kappa shape index (κ1) is 14.1. The predicted octanol–water partition coefficient (Wildman–Crippen LogP) is 3.40. The molecule has 2 atom stereocenters. The summed E-state index contributed by atoms with van der Waals surface area (Å²) in [5, 5.41) is 10.6. The largest absolute Gasteiger partial charge is 0.387 e. The highest BCUT2D eigenvalue weighted by atomic mass is 16.3. The molecule has 1 aliphatic carbocycles. The molecule has 0 spiro atoms. The molecule has 1 fully saturated rings. The third kappa shape index (κ3) is 2.51. The zero-order chi connectivity index (χ0) is 14.3. The lowest BCUT2D eigenvalue weighted by atomic mass is 9.75. The molecule has 3 rings (SSSR count). The maximum Gasteiger partial charge on any atom is 0.0951 e. The van der Waals surface area contributed by atoms with E-state index in [4.69, 9.17) is 0 Å². The topological polar surface area (TPSA) is 23.5 Å². The van der Waals surface area contributed by atoms with E-state index in [1.807, 2.05) is 6.07 Å². The second-order valence-corrected chi connectivity index (χ2v) is 7.59. The summed E-state index contributed by atoms with van der Waals surface area (Å²) in [5.41, 5.74) is 2.90. The molecule has 2 unspecified atom stereocenters. The van der Waals surface area contributed by atoms with Crippen molar-refractivity contribution in [1.82, 2.24) is 4.90 Å². The molecule has 1 aromatic rings. The summed E-state index contributed by atoms with van der Waals surface area (Å²) in [6.07, 6.45) is 3.25. The Morgan fingerprint density at radius 2 is 1.75 bits per heavy atom. The van der Waals surface area contributed by atoms with Crippen molar-refractivity contribution in [3.05, 3.63) is 35.4 Å². The Labute approximate surface area is 122 Å². The maximum absolute atomic E-state index is 10.6. The van der Waals surface area contributed by atoms with E-state index >= 15 is 0 Å². The van der Waals surface area contributed by atoms with E-state index in [-0.39, 0.29) is 6.10 Å². The Bertz CT molecular complexity index is 469. The Balaban J connectivity index is 1.66. The second kappa shape index (κ2) is 5.16. The van der Waals surface area contributed by atoms with Gasteiger partial charge in [0.2, 0.25) is 0 Å². The zero-order valence-electron chi connectivity index (χ0n) is 13.0. The van der Waals surface area contributed by atoms with Crippen LogP contribution in [0.1, 0.15) is 50.8 Å². The summed E-state index contributed by atoms with van der Waals surface area (Å²) in [4.78, 5) is 2.52. The molecule has 0 saturated carbocycles. The third-order valence-electron chi connectivity index (χ3n) is 5.39. The second-order valence-electron chi connectivity index (χ2n) is 7.59. The molecule has 2 heteroatoms. The quantitative estimate of drug-likeness (QED) is 0.847. The van der Waals surface area contributed by atoms with Gasteiger partial charge in [0.05, 0.1) is 6.10 Å². The van der Waals surface area contributed by atoms with Crippen molar-refractivity contribution in [3.63, 3.8) is 0 Å². The normalized spacial score (nSPS) is 28.6. The van der Waals surface area contributed by atoms with E-state index < -0.39 is 0 Å². The van der Waals surface area contributed by atoms with Crippen LogP contribution in [0.4, 0.5) is 0 Å². The van der Waals surface area contributed by atoms with Crippen molar-refractivity contribution < 1.29 is 5.11 Å². The number of hydrogen-bond donors (Lipinski definition) is 1. The summed E-state index contributed by atoms with van der Waals surface area (Å²) >= 11 is 0. The van der Waals surface area contributed by atoms with Gasteiger partial charge in [0.25, 0.3) is 0 Å². The van der Waals surface area contributed by atoms with Crippen molar-refractivity contribution in [1.29, 1.82) is 0 Å². The molecular weight excluding hydrogens is 246 g/mol. The molecule has 1 heterocycles. The number of nitrogens with zero attached hydrogens (tertiary/aromatic N) is 1. The number of hydrogen-bond acceptors (Lipinski definition) is 2. The van der Waals surface area contributed by atoms with Gasteiger partial charge in [-0.15, -0.1) is 0 Å². The van der Waals surface area contributed by atoms with Crippen LogP contribution >= 0.6 is 0 Å². The fraction of sp³-hybridized carbons (Fsp3) is 0.667. The van der Waals surface area contributed by atoms with Gasteiger partial charge >= 0.3 is 0 Å². The van der Waals surface area contributed by atoms with Gasteiger partial charge in [-0.25, -0.2) is 0 Å². The lowest BCUT2D eigenvalue weighted by molar-refractivity contribution is 0.0232. The maximum atomic E-state index is 10.6. The van der Waals surface area contributed by atoms with Crippen LogP contribution in [0, 0.1) is 11.3 Å². The summed E-state index contributed by atoms with van der Waals surface area (Å²) in [5.74, 6) is 0.819. The lowest BCUT2D eigenvalue weighted by Gasteiger charge is -2.41. The van der Waals surface area contributed by atoms with Gasteiger partial charge in [-0.05, 0) is 54.8 Å². The van der Waals surface area contributed by atoms with Gasteiger partial charge in [0, 0.05) is 6.04 Å². The Kier molecular flexibility index (Phi) is 3.64. The van der Waals surface area contributed by atoms with Crippen molar-refractivity contribution >= 4 is 0 Å². The first-order valence-electron chi connectivity index (χ1n) is 7.97. The first-order chi connectivity index (χ1) is 9.47. The number of piperidine rings is 1. The van der Waals surface area contributed by atoms with Crippen molar-refractivity contribution in [2.45, 2.75) is 52.2 Å². The first-order valence-corrected chi connectivity index (χ1v) is 7.97. The molecule has 1 saturated heterocycles. The standard InChI is InChI=1S/C18H27NO/c1-18(2,3)14-8-10-19(11-9-14)16-12-13-6-4-5-7-15(13)17(16)20/h4-7,14,16-17,20H,8-12H2,1-3H3. The van der Waals surface area contributed by atoms with Crippen LogP contribution in [0.3, 0.4) is 0 Å². The fourth-order valence-electron chi connectivity index (χ4n) is 3.98. The molecule has 110 valence electrons. The molecule has 0 amide bonds. The highest BCUT2D eigenvalue weighted by Gasteiger charge is 2.37. The molecule has 20 heavy (non-hydrogen) atoms. The molecule has 1 aliphatic heterocycles. The average Bonchev–Trinajstić information content (AvgIpc) is 2.76. The molecule has 0 radical (unpaired) electrons. The zero-order valence-corrected chi connectivity index (χ0v) is 13.0. The van der Waals surface area contributed by atoms with Crippen molar-refractivity contribution in [2.24, 2.45) is 11.3 Å². The number of fused-ring (bicyclic) bond motifs is 1. The van der Waals surface area contributed by atoms with Crippen LogP contribution in [-0.2, 0) is 6.42 Å². The minimum Gasteiger partial charge on any atom is -0.387 e. The molecular formula is C18H27NO. The number of rotatable bonds is 1. The molecule has 2 nitrogen and oxygen atoms in total. The highest BCUT2D eigenvalue weighted by molar-refractivity contribution is 5.35. The van der Waals surface area contributed by atoms with Crippen molar-refractivity contribution in [2.75, 3.05) is 13.1 Å². The van der Waals surface area contributed by atoms with E-state index in [0.29, 0.717) is 11.5 Å². The van der Waals surface area contributed by atoms with E-state index in [0.717, 1.165) is 31.0 Å². The summed E-state index contributed by atoms with van der Waals surface area (Å²) < 4.78 is 0. The van der Waals surface area contributed by atoms with Gasteiger partial charge in [-0.2, -0.15) is 0 Å². The van der Waals surface area contributed by atoms with Crippen LogP contribution < -0.4 is 0 Å². The third-order valence-corrected chi connectivity index (χ3v) is 5.39. The van der Waals surface area contributed by atoms with Gasteiger partial charge in [0.1, 0.15) is 0 Å². The van der Waals surface area contributed by atoms with Gasteiger partial charge in [-0.3, -0.25) is 4.90 Å². The van der Waals surface area contributed by atoms with E-state index in [9.17, 15) is 5.11 Å². The highest BCUT2D eigenvalue weighted by Crippen LogP contribution is 2.39. The minimum atomic E-state index is -0.294. The van der Waals surface area contributed by atoms with Gasteiger partial charge in [0.15, 0.2) is 0 Å². The predicted molar refractivity (Wildman–Crippen MR) is 82.6 cm³/mol. The smallest absolute Gasteiger partial charge is 0.0951 e. The summed E-state index contributed by atoms with van der Waals surface area (Å²) in [6.45, 7) is 9.34. The van der Waals surface area contributed by atoms with E-state index in [2.05, 4.69) is 43.9 Å². The number of benzene rings is 1. The average molecular weight is 273 g/mol. The summed E-state index contributed by atoms with van der Waals surface area (Å²) in [7, 11) is 0. The SMILES string of the molecule is CC(C)(C)C1CCN(C2Cc3ccccc3C2O)CC1. The van der Waals surface area contributed by atoms with Crippen LogP contribution in [0.2, 0.25) is 0 Å². The monoisotopic (exact) mass is 273 g/mol. The fourth-order valence-corrected chi connectivity index (χ4v) is 3.98.